The van der Waals surface area contributed by atoms with Crippen LogP contribution in [0.25, 0.3) is 11.1 Å². The van der Waals surface area contributed by atoms with E-state index in [-0.39, 0.29) is 35.6 Å². The zero-order valence-corrected chi connectivity index (χ0v) is 22.7. The Morgan fingerprint density at radius 2 is 1.92 bits per heavy atom. The number of carbonyl (C=O) groups is 1. The van der Waals surface area contributed by atoms with Crippen molar-refractivity contribution in [3.8, 4) is 16.9 Å². The Morgan fingerprint density at radius 3 is 2.56 bits per heavy atom. The molecule has 1 aliphatic heterocycles. The van der Waals surface area contributed by atoms with E-state index in [2.05, 4.69) is 40.7 Å². The van der Waals surface area contributed by atoms with Crippen LogP contribution in [-0.4, -0.2) is 46.6 Å². The lowest BCUT2D eigenvalue weighted by atomic mass is 9.53. The number of dihydropyridines is 1. The van der Waals surface area contributed by atoms with Gasteiger partial charge in [-0.3, -0.25) is 9.78 Å². The summed E-state index contributed by atoms with van der Waals surface area (Å²) in [6.45, 7) is 5.55. The Kier molecular flexibility index (Phi) is 7.32. The number of hydrogen-bond acceptors (Lipinski definition) is 7. The van der Waals surface area contributed by atoms with Gasteiger partial charge in [0, 0.05) is 30.9 Å². The molecule has 0 unspecified atom stereocenters. The fourth-order valence-electron chi connectivity index (χ4n) is 5.50. The van der Waals surface area contributed by atoms with Crippen molar-refractivity contribution in [1.29, 1.82) is 5.41 Å². The van der Waals surface area contributed by atoms with E-state index in [1.54, 1.807) is 44.6 Å². The van der Waals surface area contributed by atoms with Gasteiger partial charge in [0.2, 0.25) is 0 Å². The quantitative estimate of drug-likeness (QED) is 0.280. The average Bonchev–Trinajstić information content (AvgIpc) is 2.87. The van der Waals surface area contributed by atoms with Crippen LogP contribution in [0.3, 0.4) is 0 Å². The van der Waals surface area contributed by atoms with Crippen LogP contribution in [0.4, 0.5) is 0 Å². The van der Waals surface area contributed by atoms with Crippen LogP contribution in [0, 0.1) is 17.7 Å². The topological polar surface area (TPSA) is 117 Å². The van der Waals surface area contributed by atoms with Crippen LogP contribution >= 0.6 is 0 Å². The second kappa shape index (κ2) is 10.7. The van der Waals surface area contributed by atoms with Crippen molar-refractivity contribution >= 4 is 12.1 Å². The van der Waals surface area contributed by atoms with Crippen molar-refractivity contribution < 1.29 is 19.4 Å². The Labute approximate surface area is 229 Å². The molecule has 2 aromatic rings. The van der Waals surface area contributed by atoms with Gasteiger partial charge in [0.15, 0.2) is 0 Å². The summed E-state index contributed by atoms with van der Waals surface area (Å²) in [5.41, 5.74) is 3.45. The number of pyridine rings is 1. The lowest BCUT2D eigenvalue weighted by Crippen LogP contribution is -2.59. The molecule has 204 valence electrons. The molecule has 2 heterocycles. The number of ether oxygens (including phenoxy) is 2. The van der Waals surface area contributed by atoms with Crippen molar-refractivity contribution in [3.63, 3.8) is 0 Å². The first-order chi connectivity index (χ1) is 18.6. The Morgan fingerprint density at radius 1 is 1.18 bits per heavy atom. The first-order valence-corrected chi connectivity index (χ1v) is 13.4. The van der Waals surface area contributed by atoms with E-state index in [0.29, 0.717) is 11.5 Å². The third kappa shape index (κ3) is 6.23. The molecular weight excluding hydrogens is 492 g/mol. The summed E-state index contributed by atoms with van der Waals surface area (Å²) < 4.78 is 11.9. The number of hydrogen-bond donors (Lipinski definition) is 4. The number of benzene rings is 1. The summed E-state index contributed by atoms with van der Waals surface area (Å²) in [7, 11) is 0. The SMILES string of the molecule is Cc1ccc(-c2ccncc2)cc1OC1CC2(CC(NC(=O)/C(C=N)=C3\C=CC(OCC(C)(C)O)=CN3)C2)C1. The van der Waals surface area contributed by atoms with Crippen LogP contribution in [0.2, 0.25) is 0 Å². The van der Waals surface area contributed by atoms with Gasteiger partial charge >= 0.3 is 0 Å². The fraction of sp³-hybridized carbons (Fsp3) is 0.387. The number of rotatable bonds is 9. The van der Waals surface area contributed by atoms with Crippen LogP contribution in [-0.2, 0) is 9.53 Å². The zero-order chi connectivity index (χ0) is 27.6. The zero-order valence-electron chi connectivity index (χ0n) is 22.7. The van der Waals surface area contributed by atoms with E-state index in [1.807, 2.05) is 12.1 Å². The molecule has 2 saturated carbocycles. The summed E-state index contributed by atoms with van der Waals surface area (Å²) in [6.07, 6.45) is 13.7. The highest BCUT2D eigenvalue weighted by atomic mass is 16.5. The molecule has 5 rings (SSSR count). The minimum Gasteiger partial charge on any atom is -0.490 e. The largest absolute Gasteiger partial charge is 0.490 e. The molecule has 2 fully saturated rings. The molecule has 4 N–H and O–H groups in total. The van der Waals surface area contributed by atoms with E-state index in [4.69, 9.17) is 14.9 Å². The van der Waals surface area contributed by atoms with Crippen LogP contribution in [0.5, 0.6) is 5.75 Å². The highest BCUT2D eigenvalue weighted by Gasteiger charge is 2.54. The summed E-state index contributed by atoms with van der Waals surface area (Å²) in [4.78, 5) is 17.0. The fourth-order valence-corrected chi connectivity index (χ4v) is 5.50. The number of aryl methyl sites for hydroxylation is 1. The van der Waals surface area contributed by atoms with Gasteiger partial charge in [-0.05, 0) is 98.9 Å². The molecule has 8 nitrogen and oxygen atoms in total. The van der Waals surface area contributed by atoms with Gasteiger partial charge in [0.1, 0.15) is 18.1 Å². The molecule has 8 heteroatoms. The lowest BCUT2D eigenvalue weighted by Gasteiger charge is -2.57. The Bertz CT molecular complexity index is 1330. The van der Waals surface area contributed by atoms with Crippen molar-refractivity contribution in [2.45, 2.75) is 64.2 Å². The van der Waals surface area contributed by atoms with E-state index in [0.717, 1.165) is 54.3 Å². The maximum atomic E-state index is 12.9. The van der Waals surface area contributed by atoms with Crippen LogP contribution in [0.1, 0.15) is 45.1 Å². The molecular formula is C31H36N4O4. The summed E-state index contributed by atoms with van der Waals surface area (Å²) in [5.74, 6) is 1.21. The van der Waals surface area contributed by atoms with Crippen molar-refractivity contribution in [1.82, 2.24) is 15.6 Å². The minimum absolute atomic E-state index is 0.0968. The first kappa shape index (κ1) is 26.7. The molecule has 1 spiro atoms. The minimum atomic E-state index is -0.942. The molecule has 2 aliphatic carbocycles. The van der Waals surface area contributed by atoms with Gasteiger partial charge in [-0.2, -0.15) is 0 Å². The van der Waals surface area contributed by atoms with Crippen LogP contribution < -0.4 is 15.4 Å². The lowest BCUT2D eigenvalue weighted by molar-refractivity contribution is -0.123. The van der Waals surface area contributed by atoms with E-state index >= 15 is 0 Å². The molecule has 0 radical (unpaired) electrons. The van der Waals surface area contributed by atoms with Gasteiger partial charge in [-0.1, -0.05) is 12.1 Å². The number of nitrogens with zero attached hydrogens (tertiary/aromatic N) is 1. The molecule has 3 aliphatic rings. The predicted octanol–water partition coefficient (Wildman–Crippen LogP) is 4.56. The summed E-state index contributed by atoms with van der Waals surface area (Å²) in [6, 6.07) is 10.4. The monoisotopic (exact) mass is 528 g/mol. The highest BCUT2D eigenvalue weighted by molar-refractivity contribution is 6.12. The number of nitrogens with one attached hydrogen (secondary N) is 3. The van der Waals surface area contributed by atoms with Crippen LogP contribution in [0.15, 0.2) is 78.1 Å². The Hall–Kier alpha value is -3.91. The second-order valence-electron chi connectivity index (χ2n) is 11.5. The molecule has 1 amide bonds. The normalized spacial score (nSPS) is 25.0. The van der Waals surface area contributed by atoms with Crippen molar-refractivity contribution in [3.05, 3.63) is 83.7 Å². The Balaban J connectivity index is 1.10. The molecule has 1 aromatic heterocycles. The number of allylic oxidation sites excluding steroid dienone is 2. The summed E-state index contributed by atoms with van der Waals surface area (Å²) in [5, 5.41) is 23.7. The number of aliphatic hydroxyl groups is 1. The smallest absolute Gasteiger partial charge is 0.255 e. The molecule has 1 aromatic carbocycles. The van der Waals surface area contributed by atoms with Gasteiger partial charge in [0.05, 0.1) is 23.0 Å². The van der Waals surface area contributed by atoms with E-state index in [1.165, 1.54) is 0 Å². The molecule has 0 bridgehead atoms. The number of aromatic nitrogens is 1. The second-order valence-corrected chi connectivity index (χ2v) is 11.5. The molecule has 0 atom stereocenters. The maximum Gasteiger partial charge on any atom is 0.255 e. The van der Waals surface area contributed by atoms with Crippen molar-refractivity contribution in [2.75, 3.05) is 6.61 Å². The number of amides is 1. The molecule has 0 saturated heterocycles. The third-order valence-electron chi connectivity index (χ3n) is 7.57. The average molecular weight is 529 g/mol. The highest BCUT2D eigenvalue weighted by Crippen LogP contribution is 2.57. The van der Waals surface area contributed by atoms with E-state index in [9.17, 15) is 9.90 Å². The maximum absolute atomic E-state index is 12.9. The van der Waals surface area contributed by atoms with Gasteiger partial charge in [0.25, 0.3) is 5.91 Å². The standard InChI is InChI=1S/C31H36N4O4/c1-20-4-5-22(21-8-10-33-11-9-21)12-28(20)39-25-15-31(16-25)13-23(14-31)35-29(36)26(17-32)27-7-6-24(18-34-27)38-19-30(2,3)37/h4-12,17-18,23,25,32,34,37H,13-16,19H2,1-3H3,(H,35,36)/b27-26+,32-17?. The third-order valence-corrected chi connectivity index (χ3v) is 7.57. The number of carbonyl (C=O) groups excluding carboxylic acids is 1. The van der Waals surface area contributed by atoms with Gasteiger partial charge in [-0.25, -0.2) is 0 Å². The van der Waals surface area contributed by atoms with E-state index < -0.39 is 5.60 Å². The molecule has 39 heavy (non-hydrogen) atoms. The first-order valence-electron chi connectivity index (χ1n) is 13.4. The van der Waals surface area contributed by atoms with Crippen molar-refractivity contribution in [2.24, 2.45) is 5.41 Å². The predicted molar refractivity (Wildman–Crippen MR) is 150 cm³/mol. The summed E-state index contributed by atoms with van der Waals surface area (Å²) >= 11 is 0. The van der Waals surface area contributed by atoms with Gasteiger partial charge in [-0.15, -0.1) is 0 Å². The van der Waals surface area contributed by atoms with Gasteiger partial charge < -0.3 is 30.6 Å².